The molecule has 1 atom stereocenters. The summed E-state index contributed by atoms with van der Waals surface area (Å²) in [4.78, 5) is 8.11. The van der Waals surface area contributed by atoms with E-state index in [9.17, 15) is 0 Å². The maximum absolute atomic E-state index is 5.97. The van der Waals surface area contributed by atoms with Crippen LogP contribution in [0.25, 0.3) is 0 Å². The third-order valence-electron chi connectivity index (χ3n) is 3.19. The van der Waals surface area contributed by atoms with Gasteiger partial charge in [0, 0.05) is 12.4 Å². The minimum absolute atomic E-state index is 0.0316. The zero-order valence-electron chi connectivity index (χ0n) is 9.84. The van der Waals surface area contributed by atoms with Gasteiger partial charge in [0.1, 0.15) is 6.10 Å². The highest BCUT2D eigenvalue weighted by Crippen LogP contribution is 2.34. The van der Waals surface area contributed by atoms with E-state index >= 15 is 0 Å². The number of hydrogen-bond acceptors (Lipinski definition) is 3. The Morgan fingerprint density at radius 2 is 2.00 bits per heavy atom. The molecular weight excluding hydrogens is 248 g/mol. The van der Waals surface area contributed by atoms with Gasteiger partial charge in [-0.3, -0.25) is 0 Å². The fourth-order valence-electron chi connectivity index (χ4n) is 2.35. The van der Waals surface area contributed by atoms with E-state index < -0.39 is 0 Å². The molecule has 1 aromatic carbocycles. The average molecular weight is 261 g/mol. The zero-order valence-corrected chi connectivity index (χ0v) is 10.6. The largest absolute Gasteiger partial charge is 0.467 e. The molecule has 92 valence electrons. The molecule has 0 N–H and O–H groups in total. The molecule has 0 aliphatic heterocycles. The van der Waals surface area contributed by atoms with Crippen LogP contribution in [0.15, 0.2) is 36.7 Å². The minimum atomic E-state index is 0.0316. The number of aromatic nitrogens is 2. The summed E-state index contributed by atoms with van der Waals surface area (Å²) in [6, 6.07) is 8.38. The summed E-state index contributed by atoms with van der Waals surface area (Å²) in [5.41, 5.74) is 2.60. The minimum Gasteiger partial charge on any atom is -0.467 e. The normalized spacial score (nSPS) is 18.2. The van der Waals surface area contributed by atoms with Crippen molar-refractivity contribution < 1.29 is 4.74 Å². The standard InChI is InChI=1S/C14H13ClN2O/c15-13-14(17-9-8-16-13)18-12-7-3-5-10-4-1-2-6-11(10)12/h1-2,4,6,8-9,12H,3,5,7H2. The molecule has 0 saturated heterocycles. The molecule has 1 aliphatic carbocycles. The molecule has 0 saturated carbocycles. The Morgan fingerprint density at radius 3 is 2.89 bits per heavy atom. The Balaban J connectivity index is 1.89. The Bertz CT molecular complexity index is 559. The number of halogens is 1. The molecular formula is C14H13ClN2O. The second kappa shape index (κ2) is 4.94. The van der Waals surface area contributed by atoms with Crippen molar-refractivity contribution >= 4 is 11.6 Å². The highest BCUT2D eigenvalue weighted by molar-refractivity contribution is 6.30. The first-order valence-electron chi connectivity index (χ1n) is 6.05. The van der Waals surface area contributed by atoms with Crippen LogP contribution in [0.5, 0.6) is 5.88 Å². The van der Waals surface area contributed by atoms with Gasteiger partial charge in [0.25, 0.3) is 5.88 Å². The summed E-state index contributed by atoms with van der Waals surface area (Å²) in [6.45, 7) is 0. The summed E-state index contributed by atoms with van der Waals surface area (Å²) < 4.78 is 5.91. The van der Waals surface area contributed by atoms with E-state index in [-0.39, 0.29) is 6.10 Å². The smallest absolute Gasteiger partial charge is 0.252 e. The molecule has 0 spiro atoms. The Labute approximate surface area is 111 Å². The fourth-order valence-corrected chi connectivity index (χ4v) is 2.50. The summed E-state index contributed by atoms with van der Waals surface area (Å²) in [5, 5.41) is 0.320. The quantitative estimate of drug-likeness (QED) is 0.828. The van der Waals surface area contributed by atoms with Gasteiger partial charge < -0.3 is 4.74 Å². The SMILES string of the molecule is Clc1nccnc1OC1CCCc2ccccc21. The number of rotatable bonds is 2. The van der Waals surface area contributed by atoms with Crippen molar-refractivity contribution in [3.8, 4) is 5.88 Å². The Morgan fingerprint density at radius 1 is 1.17 bits per heavy atom. The third kappa shape index (κ3) is 2.18. The molecule has 1 aromatic heterocycles. The maximum Gasteiger partial charge on any atom is 0.252 e. The number of fused-ring (bicyclic) bond motifs is 1. The second-order valence-corrected chi connectivity index (χ2v) is 4.71. The molecule has 1 heterocycles. The lowest BCUT2D eigenvalue weighted by atomic mass is 9.89. The molecule has 18 heavy (non-hydrogen) atoms. The number of benzene rings is 1. The van der Waals surface area contributed by atoms with Gasteiger partial charge in [0.15, 0.2) is 5.15 Å². The van der Waals surface area contributed by atoms with Gasteiger partial charge in [-0.15, -0.1) is 0 Å². The fraction of sp³-hybridized carbons (Fsp3) is 0.286. The van der Waals surface area contributed by atoms with E-state index in [1.54, 1.807) is 12.4 Å². The van der Waals surface area contributed by atoms with Gasteiger partial charge in [0.05, 0.1) is 0 Å². The van der Waals surface area contributed by atoms with Crippen molar-refractivity contribution in [3.05, 3.63) is 52.9 Å². The van der Waals surface area contributed by atoms with Crippen LogP contribution in [0.2, 0.25) is 5.15 Å². The van der Waals surface area contributed by atoms with Crippen LogP contribution in [-0.4, -0.2) is 9.97 Å². The van der Waals surface area contributed by atoms with Crippen molar-refractivity contribution in [2.24, 2.45) is 0 Å². The average Bonchev–Trinajstić information content (AvgIpc) is 2.42. The van der Waals surface area contributed by atoms with Crippen LogP contribution in [0.1, 0.15) is 30.1 Å². The third-order valence-corrected chi connectivity index (χ3v) is 3.45. The first-order valence-corrected chi connectivity index (χ1v) is 6.43. The van der Waals surface area contributed by atoms with Crippen molar-refractivity contribution in [2.45, 2.75) is 25.4 Å². The highest BCUT2D eigenvalue weighted by atomic mass is 35.5. The van der Waals surface area contributed by atoms with Crippen LogP contribution in [-0.2, 0) is 6.42 Å². The first-order chi connectivity index (χ1) is 8.84. The van der Waals surface area contributed by atoms with Gasteiger partial charge in [-0.1, -0.05) is 35.9 Å². The van der Waals surface area contributed by atoms with Crippen LogP contribution in [0, 0.1) is 0 Å². The lowest BCUT2D eigenvalue weighted by Crippen LogP contribution is -2.15. The van der Waals surface area contributed by atoms with E-state index in [4.69, 9.17) is 16.3 Å². The summed E-state index contributed by atoms with van der Waals surface area (Å²) in [5.74, 6) is 0.417. The first kappa shape index (κ1) is 11.5. The van der Waals surface area contributed by atoms with Gasteiger partial charge in [-0.2, -0.15) is 0 Å². The maximum atomic E-state index is 5.97. The van der Waals surface area contributed by atoms with Crippen LogP contribution in [0.4, 0.5) is 0 Å². The number of aryl methyl sites for hydroxylation is 1. The Kier molecular flexibility index (Phi) is 3.15. The second-order valence-electron chi connectivity index (χ2n) is 4.35. The zero-order chi connectivity index (χ0) is 12.4. The molecule has 1 unspecified atom stereocenters. The lowest BCUT2D eigenvalue weighted by molar-refractivity contribution is 0.175. The number of nitrogens with zero attached hydrogens (tertiary/aromatic N) is 2. The van der Waals surface area contributed by atoms with E-state index in [1.165, 1.54) is 11.1 Å². The van der Waals surface area contributed by atoms with Crippen LogP contribution >= 0.6 is 11.6 Å². The molecule has 0 fully saturated rings. The number of ether oxygens (including phenoxy) is 1. The summed E-state index contributed by atoms with van der Waals surface area (Å²) >= 11 is 5.97. The van der Waals surface area contributed by atoms with Crippen molar-refractivity contribution in [1.29, 1.82) is 0 Å². The highest BCUT2D eigenvalue weighted by Gasteiger charge is 2.22. The van der Waals surface area contributed by atoms with E-state index in [0.717, 1.165) is 19.3 Å². The molecule has 0 amide bonds. The van der Waals surface area contributed by atoms with Gasteiger partial charge in [-0.05, 0) is 30.4 Å². The number of hydrogen-bond donors (Lipinski definition) is 0. The molecule has 3 nitrogen and oxygen atoms in total. The molecule has 3 rings (SSSR count). The van der Waals surface area contributed by atoms with Crippen LogP contribution in [0.3, 0.4) is 0 Å². The van der Waals surface area contributed by atoms with Crippen molar-refractivity contribution in [2.75, 3.05) is 0 Å². The van der Waals surface area contributed by atoms with Gasteiger partial charge in [0.2, 0.25) is 0 Å². The summed E-state index contributed by atoms with van der Waals surface area (Å²) in [7, 11) is 0. The predicted molar refractivity (Wildman–Crippen MR) is 69.8 cm³/mol. The Hall–Kier alpha value is -1.61. The molecule has 0 bridgehead atoms. The topological polar surface area (TPSA) is 35.0 Å². The molecule has 0 radical (unpaired) electrons. The molecule has 1 aliphatic rings. The van der Waals surface area contributed by atoms with Crippen molar-refractivity contribution in [1.82, 2.24) is 9.97 Å². The molecule has 2 aromatic rings. The van der Waals surface area contributed by atoms with Gasteiger partial charge in [-0.25, -0.2) is 9.97 Å². The van der Waals surface area contributed by atoms with E-state index in [0.29, 0.717) is 11.0 Å². The summed E-state index contributed by atoms with van der Waals surface area (Å²) in [6.07, 6.45) is 6.41. The molecule has 4 heteroatoms. The van der Waals surface area contributed by atoms with E-state index in [2.05, 4.69) is 28.2 Å². The van der Waals surface area contributed by atoms with E-state index in [1.807, 2.05) is 6.07 Å². The van der Waals surface area contributed by atoms with Gasteiger partial charge >= 0.3 is 0 Å². The van der Waals surface area contributed by atoms with Crippen LogP contribution < -0.4 is 4.74 Å². The van der Waals surface area contributed by atoms with Crippen molar-refractivity contribution in [3.63, 3.8) is 0 Å². The monoisotopic (exact) mass is 260 g/mol. The lowest BCUT2D eigenvalue weighted by Gasteiger charge is -2.25. The predicted octanol–water partition coefficient (Wildman–Crippen LogP) is 3.59.